The molecule has 4 N–H and O–H groups in total. The average Bonchev–Trinajstić information content (AvgIpc) is 3.48. The van der Waals surface area contributed by atoms with E-state index in [1.54, 1.807) is 12.1 Å². The number of carboxylic acid groups (broad SMARTS) is 1. The third kappa shape index (κ3) is 7.00. The van der Waals surface area contributed by atoms with Crippen molar-refractivity contribution in [1.29, 1.82) is 0 Å². The van der Waals surface area contributed by atoms with Crippen molar-refractivity contribution in [3.05, 3.63) is 53.7 Å². The van der Waals surface area contributed by atoms with Gasteiger partial charge < -0.3 is 14.9 Å². The Morgan fingerprint density at radius 1 is 1.19 bits per heavy atom. The van der Waals surface area contributed by atoms with Gasteiger partial charge in [0.25, 0.3) is 5.91 Å². The zero-order chi connectivity index (χ0) is 26.5. The van der Waals surface area contributed by atoms with Crippen LogP contribution < -0.4 is 5.32 Å². The van der Waals surface area contributed by atoms with Gasteiger partial charge in [-0.3, -0.25) is 19.3 Å². The van der Waals surface area contributed by atoms with Crippen LogP contribution in [0.2, 0.25) is 0 Å². The molecule has 194 valence electrons. The summed E-state index contributed by atoms with van der Waals surface area (Å²) in [5.74, 6) is -2.77. The fourth-order valence-corrected chi connectivity index (χ4v) is 6.36. The molecule has 0 bridgehead atoms. The van der Waals surface area contributed by atoms with Gasteiger partial charge in [-0.05, 0) is 24.8 Å². The number of rotatable bonds is 11. The molecule has 0 aliphatic carbocycles. The summed E-state index contributed by atoms with van der Waals surface area (Å²) in [6.45, 7) is 5.39. The standard InChI is InChI=1S/C25H32N3O7P/c1-16(2)12-22(26-17(3)29)24(30)28-11-7-10-23(28)36(33,34)15-19(25(31)32)13-20-14-21(27-35-20)18-8-5-4-6-9-18/h4-6,8-10,14,16,19,22,33-34H,7,11-13,15H2,1-3H3,(H-,26,29,31,32)/p+1. The SMILES string of the molecule is CC(=O)NC(CC(C)C)C(=O)N1CCC=C1[P+](O)(O)CC(Cc1cc(-c2ccccc2)no1)C(=O)O. The Morgan fingerprint density at radius 2 is 1.89 bits per heavy atom. The minimum absolute atomic E-state index is 0.0282. The quantitative estimate of drug-likeness (QED) is 0.331. The van der Waals surface area contributed by atoms with Gasteiger partial charge in [-0.15, -0.1) is 0 Å². The van der Waals surface area contributed by atoms with Gasteiger partial charge in [0.1, 0.15) is 29.6 Å². The summed E-state index contributed by atoms with van der Waals surface area (Å²) in [5, 5.41) is 16.4. The van der Waals surface area contributed by atoms with Crippen LogP contribution in [0.25, 0.3) is 11.3 Å². The van der Waals surface area contributed by atoms with E-state index < -0.39 is 37.7 Å². The normalized spacial score (nSPS) is 15.5. The Balaban J connectivity index is 1.75. The minimum atomic E-state index is -4.00. The number of nitrogens with zero attached hydrogens (tertiary/aromatic N) is 2. The van der Waals surface area contributed by atoms with Gasteiger partial charge in [0.15, 0.2) is 0 Å². The predicted molar refractivity (Wildman–Crippen MR) is 134 cm³/mol. The maximum absolute atomic E-state index is 13.2. The van der Waals surface area contributed by atoms with Crippen molar-refractivity contribution >= 4 is 25.5 Å². The first-order valence-corrected chi connectivity index (χ1v) is 13.7. The van der Waals surface area contributed by atoms with Gasteiger partial charge in [-0.25, -0.2) is 9.79 Å². The second-order valence-electron chi connectivity index (χ2n) is 9.42. The highest BCUT2D eigenvalue weighted by molar-refractivity contribution is 7.68. The molecule has 2 unspecified atom stereocenters. The van der Waals surface area contributed by atoms with Crippen LogP contribution in [0.4, 0.5) is 0 Å². The number of carbonyl (C=O) groups excluding carboxylic acids is 2. The molecule has 1 aromatic heterocycles. The predicted octanol–water partition coefficient (Wildman–Crippen LogP) is 3.04. The summed E-state index contributed by atoms with van der Waals surface area (Å²) in [7, 11) is -4.00. The molecule has 10 nitrogen and oxygen atoms in total. The maximum Gasteiger partial charge on any atom is 0.317 e. The molecule has 0 saturated heterocycles. The van der Waals surface area contributed by atoms with Gasteiger partial charge in [0.2, 0.25) is 11.3 Å². The molecule has 3 rings (SSSR count). The first-order valence-electron chi connectivity index (χ1n) is 11.8. The lowest BCUT2D eigenvalue weighted by Gasteiger charge is -2.28. The average molecular weight is 519 g/mol. The van der Waals surface area contributed by atoms with Crippen LogP contribution in [0.15, 0.2) is 52.4 Å². The zero-order valence-corrected chi connectivity index (χ0v) is 21.5. The summed E-state index contributed by atoms with van der Waals surface area (Å²) >= 11 is 0. The van der Waals surface area contributed by atoms with Gasteiger partial charge in [0.05, 0.1) is 0 Å². The highest BCUT2D eigenvalue weighted by Crippen LogP contribution is 2.62. The Kier molecular flexibility index (Phi) is 9.00. The van der Waals surface area contributed by atoms with Gasteiger partial charge >= 0.3 is 13.7 Å². The van der Waals surface area contributed by atoms with E-state index >= 15 is 0 Å². The van der Waals surface area contributed by atoms with Crippen molar-refractivity contribution in [2.75, 3.05) is 12.7 Å². The molecule has 2 amide bonds. The molecule has 0 fully saturated rings. The number of aromatic nitrogens is 1. The molecule has 1 aliphatic rings. The first kappa shape index (κ1) is 27.5. The van der Waals surface area contributed by atoms with Crippen LogP contribution >= 0.6 is 7.72 Å². The second-order valence-corrected chi connectivity index (χ2v) is 11.7. The van der Waals surface area contributed by atoms with Crippen LogP contribution in [0.3, 0.4) is 0 Å². The van der Waals surface area contributed by atoms with E-state index in [1.807, 2.05) is 44.2 Å². The van der Waals surface area contributed by atoms with E-state index in [-0.39, 0.29) is 30.2 Å². The van der Waals surface area contributed by atoms with Gasteiger partial charge in [-0.1, -0.05) is 49.3 Å². The van der Waals surface area contributed by atoms with Gasteiger partial charge in [-0.2, -0.15) is 0 Å². The van der Waals surface area contributed by atoms with Gasteiger partial charge in [0, 0.05) is 31.5 Å². The fourth-order valence-electron chi connectivity index (χ4n) is 4.26. The fraction of sp³-hybridized carbons (Fsp3) is 0.440. The number of amides is 2. The summed E-state index contributed by atoms with van der Waals surface area (Å²) in [5.41, 5.74) is 1.39. The van der Waals surface area contributed by atoms with E-state index in [1.165, 1.54) is 11.8 Å². The van der Waals surface area contributed by atoms with Crippen molar-refractivity contribution < 1.29 is 33.8 Å². The number of hydrogen-bond acceptors (Lipinski definition) is 7. The molecule has 2 heterocycles. The minimum Gasteiger partial charge on any atom is -0.481 e. The summed E-state index contributed by atoms with van der Waals surface area (Å²) in [6.07, 6.45) is 1.79. The van der Waals surface area contributed by atoms with E-state index in [2.05, 4.69) is 10.5 Å². The second kappa shape index (κ2) is 11.8. The third-order valence-corrected chi connectivity index (χ3v) is 7.98. The first-order chi connectivity index (χ1) is 17.0. The lowest BCUT2D eigenvalue weighted by molar-refractivity contribution is -0.141. The van der Waals surface area contributed by atoms with Crippen molar-refractivity contribution in [3.8, 4) is 11.3 Å². The largest absolute Gasteiger partial charge is 0.481 e. The van der Waals surface area contributed by atoms with Crippen molar-refractivity contribution in [1.82, 2.24) is 15.4 Å². The topological polar surface area (TPSA) is 153 Å². The Hall–Kier alpha value is -3.07. The Bertz CT molecular complexity index is 1110. The van der Waals surface area contributed by atoms with Crippen molar-refractivity contribution in [3.63, 3.8) is 0 Å². The summed E-state index contributed by atoms with van der Waals surface area (Å²) in [6, 6.07) is 10.1. The van der Waals surface area contributed by atoms with Crippen LogP contribution in [-0.4, -0.2) is 61.5 Å². The number of benzene rings is 1. The number of carboxylic acids is 1. The molecular weight excluding hydrogens is 485 g/mol. The molecule has 36 heavy (non-hydrogen) atoms. The lowest BCUT2D eigenvalue weighted by Crippen LogP contribution is -2.48. The lowest BCUT2D eigenvalue weighted by atomic mass is 10.0. The van der Waals surface area contributed by atoms with Crippen molar-refractivity contribution in [2.45, 2.75) is 46.1 Å². The molecule has 2 atom stereocenters. The summed E-state index contributed by atoms with van der Waals surface area (Å²) in [4.78, 5) is 60.3. The molecular formula is C25H33N3O7P+. The highest BCUT2D eigenvalue weighted by atomic mass is 31.2. The third-order valence-electron chi connectivity index (χ3n) is 5.87. The van der Waals surface area contributed by atoms with Crippen LogP contribution in [0.5, 0.6) is 0 Å². The maximum atomic E-state index is 13.2. The van der Waals surface area contributed by atoms with E-state index in [0.29, 0.717) is 24.3 Å². The molecule has 0 radical (unpaired) electrons. The Labute approximate surface area is 210 Å². The van der Waals surface area contributed by atoms with E-state index in [4.69, 9.17) is 4.52 Å². The molecule has 1 aromatic carbocycles. The molecule has 1 aliphatic heterocycles. The zero-order valence-electron chi connectivity index (χ0n) is 20.6. The number of nitrogens with one attached hydrogen (secondary N) is 1. The summed E-state index contributed by atoms with van der Waals surface area (Å²) < 4.78 is 5.32. The Morgan fingerprint density at radius 3 is 2.50 bits per heavy atom. The smallest absolute Gasteiger partial charge is 0.317 e. The van der Waals surface area contributed by atoms with Crippen LogP contribution in [0, 0.1) is 11.8 Å². The number of hydrogen-bond donors (Lipinski definition) is 4. The van der Waals surface area contributed by atoms with E-state index in [9.17, 15) is 29.3 Å². The molecule has 0 saturated carbocycles. The van der Waals surface area contributed by atoms with E-state index in [0.717, 1.165) is 5.56 Å². The number of aliphatic carboxylic acids is 1. The van der Waals surface area contributed by atoms with Crippen molar-refractivity contribution in [2.24, 2.45) is 11.8 Å². The molecule has 2 aromatic rings. The monoisotopic (exact) mass is 518 g/mol. The number of carbonyl (C=O) groups is 3. The molecule has 11 heteroatoms. The highest BCUT2D eigenvalue weighted by Gasteiger charge is 2.50. The molecule has 0 spiro atoms. The van der Waals surface area contributed by atoms with Crippen LogP contribution in [0.1, 0.15) is 39.4 Å². The van der Waals surface area contributed by atoms with Crippen LogP contribution in [-0.2, 0) is 20.8 Å².